The van der Waals surface area contributed by atoms with E-state index in [-0.39, 0.29) is 0 Å². The molecule has 0 aliphatic heterocycles. The van der Waals surface area contributed by atoms with Gasteiger partial charge in [-0.25, -0.2) is 0 Å². The average Bonchev–Trinajstić information content (AvgIpc) is 2.40. The zero-order valence-corrected chi connectivity index (χ0v) is 10.0. The Morgan fingerprint density at radius 2 is 2.18 bits per heavy atom. The highest BCUT2D eigenvalue weighted by atomic mass is 16.5. The van der Waals surface area contributed by atoms with Crippen LogP contribution in [0.15, 0.2) is 18.2 Å². The van der Waals surface area contributed by atoms with E-state index < -0.39 is 0 Å². The van der Waals surface area contributed by atoms with Crippen molar-refractivity contribution in [2.24, 2.45) is 0 Å². The van der Waals surface area contributed by atoms with Gasteiger partial charge < -0.3 is 4.74 Å². The van der Waals surface area contributed by atoms with Crippen LogP contribution in [-0.4, -0.2) is 17.3 Å². The lowest BCUT2D eigenvalue weighted by atomic mass is 9.95. The molecular weight excluding hydrogens is 212 g/mol. The van der Waals surface area contributed by atoms with Gasteiger partial charge in [0, 0.05) is 16.3 Å². The Kier molecular flexibility index (Phi) is 2.32. The van der Waals surface area contributed by atoms with Gasteiger partial charge in [0.2, 0.25) is 0 Å². The van der Waals surface area contributed by atoms with Crippen molar-refractivity contribution in [3.8, 4) is 5.75 Å². The van der Waals surface area contributed by atoms with E-state index in [2.05, 4.69) is 29.3 Å². The maximum absolute atomic E-state index is 5.42. The maximum atomic E-state index is 5.42. The Labute approximate surface area is 100 Å². The molecule has 3 rings (SSSR count). The van der Waals surface area contributed by atoms with Crippen LogP contribution in [0.25, 0.3) is 16.8 Å². The van der Waals surface area contributed by atoms with Crippen LogP contribution in [-0.2, 0) is 12.8 Å². The van der Waals surface area contributed by atoms with E-state index in [4.69, 9.17) is 4.74 Å². The predicted molar refractivity (Wildman–Crippen MR) is 68.2 cm³/mol. The van der Waals surface area contributed by atoms with Gasteiger partial charge >= 0.3 is 0 Å². The number of aromatic nitrogens is 2. The lowest BCUT2D eigenvalue weighted by molar-refractivity contribution is 0.411. The van der Waals surface area contributed by atoms with Crippen molar-refractivity contribution in [2.75, 3.05) is 7.11 Å². The molecule has 0 atom stereocenters. The molecule has 0 saturated carbocycles. The third-order valence-corrected chi connectivity index (χ3v) is 3.27. The minimum absolute atomic E-state index is 0.902. The van der Waals surface area contributed by atoms with Crippen LogP contribution in [0.4, 0.5) is 0 Å². The van der Waals surface area contributed by atoms with Gasteiger partial charge in [-0.1, -0.05) is 13.0 Å². The van der Waals surface area contributed by atoms with Crippen molar-refractivity contribution in [1.29, 1.82) is 0 Å². The van der Waals surface area contributed by atoms with E-state index >= 15 is 0 Å². The van der Waals surface area contributed by atoms with Crippen LogP contribution >= 0.6 is 0 Å². The fraction of sp³-hybridized carbons (Fsp3) is 0.286. The van der Waals surface area contributed by atoms with Crippen LogP contribution in [0.3, 0.4) is 0 Å². The number of hydrogen-bond acceptors (Lipinski definition) is 3. The molecule has 0 amide bonds. The van der Waals surface area contributed by atoms with Crippen molar-refractivity contribution in [3.63, 3.8) is 0 Å². The van der Waals surface area contributed by atoms with Gasteiger partial charge in [0.1, 0.15) is 5.75 Å². The summed E-state index contributed by atoms with van der Waals surface area (Å²) >= 11 is 0. The van der Waals surface area contributed by atoms with Crippen molar-refractivity contribution in [3.05, 3.63) is 35.2 Å². The monoisotopic (exact) mass is 226 g/mol. The maximum Gasteiger partial charge on any atom is 0.123 e. The number of nitrogens with zero attached hydrogens (tertiary/aromatic N) is 2. The highest BCUT2D eigenvalue weighted by Crippen LogP contribution is 2.34. The summed E-state index contributed by atoms with van der Waals surface area (Å²) in [5.74, 6) is 0.943. The SMILES string of the molecule is CCc1nnc2c3c(c(OC)ccc13)CC=C2. The minimum atomic E-state index is 0.902. The Bertz CT molecular complexity index is 617. The normalized spacial score (nSPS) is 13.1. The van der Waals surface area contributed by atoms with Gasteiger partial charge in [-0.2, -0.15) is 10.2 Å². The number of rotatable bonds is 2. The van der Waals surface area contributed by atoms with Gasteiger partial charge in [0.15, 0.2) is 0 Å². The molecule has 2 aromatic rings. The number of hydrogen-bond donors (Lipinski definition) is 0. The summed E-state index contributed by atoms with van der Waals surface area (Å²) in [7, 11) is 1.71. The first-order chi connectivity index (χ1) is 8.35. The summed E-state index contributed by atoms with van der Waals surface area (Å²) in [5, 5.41) is 11.0. The zero-order chi connectivity index (χ0) is 11.8. The van der Waals surface area contributed by atoms with Gasteiger partial charge in [-0.3, -0.25) is 0 Å². The molecule has 0 spiro atoms. The molecule has 3 nitrogen and oxygen atoms in total. The molecular formula is C14H14N2O. The molecule has 1 aliphatic carbocycles. The first-order valence-corrected chi connectivity index (χ1v) is 5.86. The van der Waals surface area contributed by atoms with E-state index in [0.717, 1.165) is 30.0 Å². The van der Waals surface area contributed by atoms with Crippen LogP contribution in [0.2, 0.25) is 0 Å². The summed E-state index contributed by atoms with van der Waals surface area (Å²) in [6.07, 6.45) is 5.96. The van der Waals surface area contributed by atoms with Crippen LogP contribution in [0.1, 0.15) is 23.9 Å². The summed E-state index contributed by atoms with van der Waals surface area (Å²) in [4.78, 5) is 0. The number of aryl methyl sites for hydroxylation is 1. The Balaban J connectivity index is 2.44. The Morgan fingerprint density at radius 1 is 1.29 bits per heavy atom. The number of benzene rings is 1. The lowest BCUT2D eigenvalue weighted by Crippen LogP contribution is -2.03. The minimum Gasteiger partial charge on any atom is -0.496 e. The molecule has 0 bridgehead atoms. The van der Waals surface area contributed by atoms with Crippen molar-refractivity contribution in [2.45, 2.75) is 19.8 Å². The highest BCUT2D eigenvalue weighted by Gasteiger charge is 2.16. The molecule has 1 aromatic carbocycles. The van der Waals surface area contributed by atoms with Crippen LogP contribution in [0, 0.1) is 0 Å². The zero-order valence-electron chi connectivity index (χ0n) is 10.0. The summed E-state index contributed by atoms with van der Waals surface area (Å²) in [5.41, 5.74) is 3.24. The molecule has 0 unspecified atom stereocenters. The second-order valence-corrected chi connectivity index (χ2v) is 4.16. The van der Waals surface area contributed by atoms with E-state index in [0.29, 0.717) is 0 Å². The van der Waals surface area contributed by atoms with E-state index in [1.807, 2.05) is 12.1 Å². The molecule has 0 saturated heterocycles. The molecule has 0 fully saturated rings. The van der Waals surface area contributed by atoms with E-state index in [9.17, 15) is 0 Å². The molecule has 0 radical (unpaired) electrons. The fourth-order valence-electron chi connectivity index (χ4n) is 2.44. The van der Waals surface area contributed by atoms with Crippen molar-refractivity contribution in [1.82, 2.24) is 10.2 Å². The second kappa shape index (κ2) is 3.84. The third kappa shape index (κ3) is 1.42. The van der Waals surface area contributed by atoms with Crippen LogP contribution in [0.5, 0.6) is 5.75 Å². The molecule has 1 aliphatic rings. The summed E-state index contributed by atoms with van der Waals surface area (Å²) in [6, 6.07) is 4.12. The number of allylic oxidation sites excluding steroid dienone is 1. The quantitative estimate of drug-likeness (QED) is 0.789. The molecule has 1 aromatic heterocycles. The average molecular weight is 226 g/mol. The smallest absolute Gasteiger partial charge is 0.123 e. The predicted octanol–water partition coefficient (Wildman–Crippen LogP) is 2.77. The first-order valence-electron chi connectivity index (χ1n) is 5.86. The molecule has 86 valence electrons. The topological polar surface area (TPSA) is 35.0 Å². The molecule has 1 heterocycles. The largest absolute Gasteiger partial charge is 0.496 e. The van der Waals surface area contributed by atoms with Crippen molar-refractivity contribution >= 4 is 16.8 Å². The van der Waals surface area contributed by atoms with Gasteiger partial charge in [0.25, 0.3) is 0 Å². The standard InChI is InChI=1S/C14H14N2O/c1-3-11-9-7-8-13(17-2)10-5-4-6-12(14(9)10)16-15-11/h4,6-8H,3,5H2,1-2H3. The van der Waals surface area contributed by atoms with Gasteiger partial charge in [-0.15, -0.1) is 0 Å². The first kappa shape index (κ1) is 10.3. The summed E-state index contributed by atoms with van der Waals surface area (Å²) in [6.45, 7) is 2.11. The molecule has 0 N–H and O–H groups in total. The Morgan fingerprint density at radius 3 is 2.94 bits per heavy atom. The molecule has 17 heavy (non-hydrogen) atoms. The second-order valence-electron chi connectivity index (χ2n) is 4.16. The van der Waals surface area contributed by atoms with Crippen molar-refractivity contribution < 1.29 is 4.74 Å². The Hall–Kier alpha value is -1.90. The fourth-order valence-corrected chi connectivity index (χ4v) is 2.44. The number of ether oxygens (including phenoxy) is 1. The van der Waals surface area contributed by atoms with E-state index in [1.54, 1.807) is 7.11 Å². The molecule has 3 heteroatoms. The highest BCUT2D eigenvalue weighted by molar-refractivity contribution is 5.96. The lowest BCUT2D eigenvalue weighted by Gasteiger charge is -2.16. The van der Waals surface area contributed by atoms with Crippen LogP contribution < -0.4 is 4.74 Å². The summed E-state index contributed by atoms with van der Waals surface area (Å²) < 4.78 is 5.42. The number of methoxy groups -OCH3 is 1. The third-order valence-electron chi connectivity index (χ3n) is 3.27. The van der Waals surface area contributed by atoms with E-state index in [1.165, 1.54) is 16.3 Å². The van der Waals surface area contributed by atoms with Gasteiger partial charge in [0.05, 0.1) is 18.5 Å². The van der Waals surface area contributed by atoms with Gasteiger partial charge in [-0.05, 0) is 31.1 Å².